The first kappa shape index (κ1) is 11.1. The zero-order chi connectivity index (χ0) is 9.72. The Balaban J connectivity index is 4.82. The summed E-state index contributed by atoms with van der Waals surface area (Å²) in [5.74, 6) is 0.0998. The van der Waals surface area contributed by atoms with Crippen molar-refractivity contribution in [2.45, 2.75) is 27.7 Å². The summed E-state index contributed by atoms with van der Waals surface area (Å²) in [5, 5.41) is 0. The normalized spacial score (nSPS) is 11.2. The fourth-order valence-electron chi connectivity index (χ4n) is 0.903. The molecule has 2 heteroatoms. The lowest BCUT2D eigenvalue weighted by Gasteiger charge is -2.01. The van der Waals surface area contributed by atoms with Gasteiger partial charge in [-0.25, -0.2) is 0 Å². The van der Waals surface area contributed by atoms with E-state index in [2.05, 4.69) is 0 Å². The Morgan fingerprint density at radius 1 is 1.25 bits per heavy atom. The van der Waals surface area contributed by atoms with Crippen molar-refractivity contribution in [1.82, 2.24) is 0 Å². The average Bonchev–Trinajstić information content (AvgIpc) is 1.98. The summed E-state index contributed by atoms with van der Waals surface area (Å²) in [4.78, 5) is 11.1. The highest BCUT2D eigenvalue weighted by Gasteiger charge is 2.01. The van der Waals surface area contributed by atoms with Gasteiger partial charge in [-0.15, -0.1) is 0 Å². The number of hydrogen-bond acceptors (Lipinski definition) is 2. The maximum absolute atomic E-state index is 11.1. The minimum atomic E-state index is 0.0998. The van der Waals surface area contributed by atoms with E-state index >= 15 is 0 Å². The average molecular weight is 167 g/mol. The Hall–Kier alpha value is -0.890. The molecule has 68 valence electrons. The Morgan fingerprint density at radius 3 is 2.00 bits per heavy atom. The first-order valence-electron chi connectivity index (χ1n) is 4.04. The summed E-state index contributed by atoms with van der Waals surface area (Å²) in [6.45, 7) is 7.85. The van der Waals surface area contributed by atoms with E-state index < -0.39 is 0 Å². The minimum Gasteiger partial charge on any atom is -0.327 e. The zero-order valence-corrected chi connectivity index (χ0v) is 8.27. The fraction of sp³-hybridized carbons (Fsp3) is 0.500. The van der Waals surface area contributed by atoms with Crippen LogP contribution in [-0.4, -0.2) is 12.3 Å². The van der Waals surface area contributed by atoms with Crippen LogP contribution in [0.2, 0.25) is 0 Å². The van der Waals surface area contributed by atoms with Gasteiger partial charge in [0.1, 0.15) is 0 Å². The molecule has 0 rings (SSSR count). The largest absolute Gasteiger partial charge is 0.327 e. The molecule has 0 fully saturated rings. The van der Waals surface area contributed by atoms with Gasteiger partial charge in [0.2, 0.25) is 0 Å². The molecule has 0 atom stereocenters. The molecule has 12 heavy (non-hydrogen) atoms. The highest BCUT2D eigenvalue weighted by Crippen LogP contribution is 2.08. The van der Waals surface area contributed by atoms with Crippen molar-refractivity contribution < 1.29 is 4.79 Å². The highest BCUT2D eigenvalue weighted by molar-refractivity contribution is 5.96. The first-order chi connectivity index (χ1) is 5.49. The molecule has 0 aromatic carbocycles. The lowest BCUT2D eigenvalue weighted by Crippen LogP contribution is -2.03. The van der Waals surface area contributed by atoms with E-state index in [0.29, 0.717) is 6.54 Å². The van der Waals surface area contributed by atoms with Crippen molar-refractivity contribution in [1.29, 1.82) is 0 Å². The number of carbonyl (C=O) groups excluding carboxylic acids is 1. The van der Waals surface area contributed by atoms with Crippen LogP contribution in [0.15, 0.2) is 22.8 Å². The Bertz CT molecular complexity index is 232. The Morgan fingerprint density at radius 2 is 1.75 bits per heavy atom. The number of nitrogens with two attached hydrogens (primary N) is 1. The van der Waals surface area contributed by atoms with Crippen LogP contribution in [0.4, 0.5) is 0 Å². The van der Waals surface area contributed by atoms with E-state index in [9.17, 15) is 4.79 Å². The third-order valence-electron chi connectivity index (χ3n) is 1.63. The molecule has 0 aromatic heterocycles. The van der Waals surface area contributed by atoms with Crippen LogP contribution in [0, 0.1) is 0 Å². The van der Waals surface area contributed by atoms with E-state index in [1.165, 1.54) is 0 Å². The van der Waals surface area contributed by atoms with Gasteiger partial charge < -0.3 is 5.73 Å². The molecule has 0 heterocycles. The predicted molar refractivity (Wildman–Crippen MR) is 51.9 cm³/mol. The monoisotopic (exact) mass is 167 g/mol. The van der Waals surface area contributed by atoms with Crippen molar-refractivity contribution >= 4 is 5.78 Å². The molecule has 0 saturated heterocycles. The Kier molecular flexibility index (Phi) is 4.52. The third-order valence-corrected chi connectivity index (χ3v) is 1.63. The number of allylic oxidation sites excluding steroid dienone is 3. The molecule has 0 radical (unpaired) electrons. The lowest BCUT2D eigenvalue weighted by atomic mass is 10.0. The molecule has 2 N–H and O–H groups in total. The van der Waals surface area contributed by atoms with Crippen LogP contribution >= 0.6 is 0 Å². The van der Waals surface area contributed by atoms with Gasteiger partial charge in [0.15, 0.2) is 5.78 Å². The van der Waals surface area contributed by atoms with E-state index in [0.717, 1.165) is 16.7 Å². The smallest absolute Gasteiger partial charge is 0.159 e. The topological polar surface area (TPSA) is 43.1 Å². The minimum absolute atomic E-state index is 0.0998. The SMILES string of the molecule is CC(=O)C(/C=C(/C)CN)=C(C)C. The zero-order valence-electron chi connectivity index (χ0n) is 8.27. The fourth-order valence-corrected chi connectivity index (χ4v) is 0.903. The lowest BCUT2D eigenvalue weighted by molar-refractivity contribution is -0.113. The quantitative estimate of drug-likeness (QED) is 0.514. The van der Waals surface area contributed by atoms with Crippen LogP contribution in [0.25, 0.3) is 0 Å². The molecule has 0 saturated carbocycles. The van der Waals surface area contributed by atoms with Crippen molar-refractivity contribution in [2.75, 3.05) is 6.54 Å². The maximum Gasteiger partial charge on any atom is 0.159 e. The van der Waals surface area contributed by atoms with Crippen molar-refractivity contribution in [2.24, 2.45) is 5.73 Å². The third kappa shape index (κ3) is 3.49. The molecular weight excluding hydrogens is 150 g/mol. The summed E-state index contributed by atoms with van der Waals surface area (Å²) in [7, 11) is 0. The standard InChI is InChI=1S/C10H17NO/c1-7(2)10(9(4)12)5-8(3)6-11/h5H,6,11H2,1-4H3/b8-5-. The van der Waals surface area contributed by atoms with Crippen LogP contribution in [0.5, 0.6) is 0 Å². The summed E-state index contributed by atoms with van der Waals surface area (Å²) >= 11 is 0. The molecule has 0 bridgehead atoms. The second-order valence-corrected chi connectivity index (χ2v) is 3.16. The predicted octanol–water partition coefficient (Wildman–Crippen LogP) is 1.82. The molecule has 0 aliphatic carbocycles. The van der Waals surface area contributed by atoms with Gasteiger partial charge in [-0.05, 0) is 27.7 Å². The molecule has 0 amide bonds. The van der Waals surface area contributed by atoms with Gasteiger partial charge in [-0.1, -0.05) is 17.2 Å². The van der Waals surface area contributed by atoms with Gasteiger partial charge in [0.05, 0.1) is 0 Å². The number of hydrogen-bond donors (Lipinski definition) is 1. The summed E-state index contributed by atoms with van der Waals surface area (Å²) in [6, 6.07) is 0. The van der Waals surface area contributed by atoms with Crippen LogP contribution in [-0.2, 0) is 4.79 Å². The van der Waals surface area contributed by atoms with Crippen LogP contribution in [0.1, 0.15) is 27.7 Å². The second kappa shape index (κ2) is 4.88. The number of rotatable bonds is 3. The van der Waals surface area contributed by atoms with Gasteiger partial charge in [0, 0.05) is 12.1 Å². The number of carbonyl (C=O) groups is 1. The van der Waals surface area contributed by atoms with E-state index in [4.69, 9.17) is 5.73 Å². The molecule has 0 aliphatic heterocycles. The van der Waals surface area contributed by atoms with Crippen molar-refractivity contribution in [3.8, 4) is 0 Å². The first-order valence-corrected chi connectivity index (χ1v) is 4.04. The number of ketones is 1. The second-order valence-electron chi connectivity index (χ2n) is 3.16. The van der Waals surface area contributed by atoms with Gasteiger partial charge in [-0.2, -0.15) is 0 Å². The molecule has 2 nitrogen and oxygen atoms in total. The van der Waals surface area contributed by atoms with E-state index in [-0.39, 0.29) is 5.78 Å². The van der Waals surface area contributed by atoms with Gasteiger partial charge in [-0.3, -0.25) is 4.79 Å². The van der Waals surface area contributed by atoms with Crippen molar-refractivity contribution in [3.63, 3.8) is 0 Å². The van der Waals surface area contributed by atoms with Gasteiger partial charge in [0.25, 0.3) is 0 Å². The molecular formula is C10H17NO. The number of Topliss-reactive ketones (excluding diaryl/α,β-unsaturated/α-hetero) is 1. The van der Waals surface area contributed by atoms with Crippen LogP contribution < -0.4 is 5.73 Å². The molecule has 0 aromatic rings. The van der Waals surface area contributed by atoms with E-state index in [1.54, 1.807) is 6.92 Å². The summed E-state index contributed by atoms with van der Waals surface area (Å²) < 4.78 is 0. The molecule has 0 unspecified atom stereocenters. The van der Waals surface area contributed by atoms with Gasteiger partial charge >= 0.3 is 0 Å². The van der Waals surface area contributed by atoms with Crippen LogP contribution in [0.3, 0.4) is 0 Å². The highest BCUT2D eigenvalue weighted by atomic mass is 16.1. The molecule has 0 spiro atoms. The van der Waals surface area contributed by atoms with E-state index in [1.807, 2.05) is 26.8 Å². The maximum atomic E-state index is 11.1. The summed E-state index contributed by atoms with van der Waals surface area (Å²) in [5.41, 5.74) is 8.26. The summed E-state index contributed by atoms with van der Waals surface area (Å²) in [6.07, 6.45) is 1.86. The molecule has 0 aliphatic rings. The Labute approximate surface area is 74.1 Å². The van der Waals surface area contributed by atoms with Crippen molar-refractivity contribution in [3.05, 3.63) is 22.8 Å².